The number of rotatable bonds is 2. The first-order chi connectivity index (χ1) is 7.27. The molecule has 15 heavy (non-hydrogen) atoms. The van der Waals surface area contributed by atoms with Gasteiger partial charge < -0.3 is 9.84 Å². The smallest absolute Gasteiger partial charge is 0.141 e. The van der Waals surface area contributed by atoms with Crippen LogP contribution in [0.25, 0.3) is 0 Å². The normalized spacial score (nSPS) is 23.7. The van der Waals surface area contributed by atoms with Gasteiger partial charge in [0.1, 0.15) is 11.9 Å². The van der Waals surface area contributed by atoms with Gasteiger partial charge >= 0.3 is 0 Å². The zero-order chi connectivity index (χ0) is 10.7. The third kappa shape index (κ3) is 2.52. The van der Waals surface area contributed by atoms with Crippen LogP contribution in [0.2, 0.25) is 0 Å². The van der Waals surface area contributed by atoms with Gasteiger partial charge in [0.25, 0.3) is 0 Å². The van der Waals surface area contributed by atoms with E-state index in [4.69, 9.17) is 4.74 Å². The van der Waals surface area contributed by atoms with Crippen molar-refractivity contribution in [1.29, 1.82) is 0 Å². The van der Waals surface area contributed by atoms with Gasteiger partial charge in [-0.25, -0.2) is 4.39 Å². The topological polar surface area (TPSA) is 42.4 Å². The summed E-state index contributed by atoms with van der Waals surface area (Å²) in [4.78, 5) is 3.71. The van der Waals surface area contributed by atoms with Gasteiger partial charge in [-0.05, 0) is 25.3 Å². The molecule has 1 aliphatic heterocycles. The maximum absolute atomic E-state index is 12.9. The Morgan fingerprint density at radius 1 is 1.47 bits per heavy atom. The highest BCUT2D eigenvalue weighted by atomic mass is 19.1. The largest absolute Gasteiger partial charge is 0.386 e. The van der Waals surface area contributed by atoms with E-state index in [-0.39, 0.29) is 6.10 Å². The van der Waals surface area contributed by atoms with E-state index in [1.165, 1.54) is 12.3 Å². The van der Waals surface area contributed by atoms with Crippen molar-refractivity contribution >= 4 is 0 Å². The van der Waals surface area contributed by atoms with Gasteiger partial charge in [0.15, 0.2) is 0 Å². The molecule has 82 valence electrons. The van der Waals surface area contributed by atoms with E-state index in [1.807, 2.05) is 0 Å². The van der Waals surface area contributed by atoms with Gasteiger partial charge in [0.05, 0.1) is 12.3 Å². The Labute approximate surface area is 87.9 Å². The number of aliphatic hydroxyl groups is 1. The van der Waals surface area contributed by atoms with Crippen molar-refractivity contribution in [3.05, 3.63) is 29.8 Å². The van der Waals surface area contributed by atoms with E-state index in [9.17, 15) is 9.50 Å². The number of pyridine rings is 1. The van der Waals surface area contributed by atoms with Crippen molar-refractivity contribution in [2.24, 2.45) is 0 Å². The van der Waals surface area contributed by atoms with E-state index in [1.54, 1.807) is 0 Å². The number of hydrogen-bond acceptors (Lipinski definition) is 3. The molecular weight excluding hydrogens is 197 g/mol. The summed E-state index contributed by atoms with van der Waals surface area (Å²) in [5.74, 6) is -0.428. The fourth-order valence-corrected chi connectivity index (χ4v) is 1.82. The molecule has 1 aliphatic rings. The van der Waals surface area contributed by atoms with Crippen LogP contribution < -0.4 is 0 Å². The number of aromatic nitrogens is 1. The molecule has 2 unspecified atom stereocenters. The summed E-state index contributed by atoms with van der Waals surface area (Å²) < 4.78 is 18.3. The van der Waals surface area contributed by atoms with Crippen LogP contribution in [0.15, 0.2) is 18.5 Å². The second kappa shape index (κ2) is 4.68. The van der Waals surface area contributed by atoms with Crippen LogP contribution in [-0.4, -0.2) is 22.8 Å². The Morgan fingerprint density at radius 2 is 2.33 bits per heavy atom. The zero-order valence-corrected chi connectivity index (χ0v) is 8.40. The fourth-order valence-electron chi connectivity index (χ4n) is 1.82. The van der Waals surface area contributed by atoms with Gasteiger partial charge in [-0.1, -0.05) is 0 Å². The van der Waals surface area contributed by atoms with E-state index >= 15 is 0 Å². The van der Waals surface area contributed by atoms with Crippen LogP contribution in [0, 0.1) is 5.82 Å². The molecule has 4 heteroatoms. The average Bonchev–Trinajstić information content (AvgIpc) is 2.29. The lowest BCUT2D eigenvalue weighted by atomic mass is 9.99. The molecule has 1 fully saturated rings. The second-order valence-electron chi connectivity index (χ2n) is 3.79. The highest BCUT2D eigenvalue weighted by molar-refractivity contribution is 5.14. The highest BCUT2D eigenvalue weighted by Gasteiger charge is 2.24. The number of nitrogens with zero attached hydrogens (tertiary/aromatic N) is 1. The maximum Gasteiger partial charge on any atom is 0.141 e. The molecule has 2 atom stereocenters. The van der Waals surface area contributed by atoms with Crippen molar-refractivity contribution in [1.82, 2.24) is 4.98 Å². The molecule has 0 aliphatic carbocycles. The maximum atomic E-state index is 12.9. The predicted octanol–water partition coefficient (Wildman–Crippen LogP) is 1.82. The zero-order valence-electron chi connectivity index (χ0n) is 8.40. The Balaban J connectivity index is 2.08. The molecule has 0 spiro atoms. The molecule has 0 bridgehead atoms. The van der Waals surface area contributed by atoms with E-state index in [0.29, 0.717) is 12.2 Å². The summed E-state index contributed by atoms with van der Waals surface area (Å²) in [5.41, 5.74) is 0.488. The number of hydrogen-bond donors (Lipinski definition) is 1. The van der Waals surface area contributed by atoms with Gasteiger partial charge in [-0.15, -0.1) is 0 Å². The standard InChI is InChI=1S/C11H14FNO2/c12-9-5-8(6-13-7-9)11(14)10-3-1-2-4-15-10/h5-7,10-11,14H,1-4H2. The van der Waals surface area contributed by atoms with Crippen molar-refractivity contribution in [2.75, 3.05) is 6.61 Å². The number of ether oxygens (including phenoxy) is 1. The molecule has 2 heterocycles. The number of aliphatic hydroxyl groups excluding tert-OH is 1. The van der Waals surface area contributed by atoms with Crippen LogP contribution >= 0.6 is 0 Å². The first-order valence-electron chi connectivity index (χ1n) is 5.17. The Bertz CT molecular complexity index is 326. The molecule has 0 saturated carbocycles. The Kier molecular flexibility index (Phi) is 3.28. The van der Waals surface area contributed by atoms with E-state index < -0.39 is 11.9 Å². The summed E-state index contributed by atoms with van der Waals surface area (Å²) in [6, 6.07) is 1.30. The van der Waals surface area contributed by atoms with Gasteiger partial charge in [0, 0.05) is 18.4 Å². The van der Waals surface area contributed by atoms with Gasteiger partial charge in [0.2, 0.25) is 0 Å². The first-order valence-corrected chi connectivity index (χ1v) is 5.17. The molecule has 2 rings (SSSR count). The molecular formula is C11H14FNO2. The lowest BCUT2D eigenvalue weighted by molar-refractivity contribution is -0.0635. The summed E-state index contributed by atoms with van der Waals surface area (Å²) in [6.45, 7) is 0.671. The summed E-state index contributed by atoms with van der Waals surface area (Å²) in [6.07, 6.45) is 4.51. The molecule has 3 nitrogen and oxygen atoms in total. The average molecular weight is 211 g/mol. The highest BCUT2D eigenvalue weighted by Crippen LogP contribution is 2.25. The number of halogens is 1. The Morgan fingerprint density at radius 3 is 3.00 bits per heavy atom. The van der Waals surface area contributed by atoms with Gasteiger partial charge in [-0.3, -0.25) is 4.98 Å². The SMILES string of the molecule is OC(c1cncc(F)c1)C1CCCCO1. The molecule has 1 N–H and O–H groups in total. The van der Waals surface area contributed by atoms with Crippen molar-refractivity contribution in [3.63, 3.8) is 0 Å². The minimum atomic E-state index is -0.770. The molecule has 0 radical (unpaired) electrons. The Hall–Kier alpha value is -1.00. The molecule has 1 saturated heterocycles. The quantitative estimate of drug-likeness (QED) is 0.811. The van der Waals surface area contributed by atoms with E-state index in [0.717, 1.165) is 25.5 Å². The second-order valence-corrected chi connectivity index (χ2v) is 3.79. The minimum Gasteiger partial charge on any atom is -0.386 e. The predicted molar refractivity (Wildman–Crippen MR) is 52.7 cm³/mol. The van der Waals surface area contributed by atoms with Crippen LogP contribution in [-0.2, 0) is 4.74 Å². The third-order valence-electron chi connectivity index (χ3n) is 2.63. The van der Waals surface area contributed by atoms with Crippen LogP contribution in [0.3, 0.4) is 0 Å². The molecule has 1 aromatic heterocycles. The molecule has 0 amide bonds. The van der Waals surface area contributed by atoms with Crippen molar-refractivity contribution in [3.8, 4) is 0 Å². The molecule has 0 aromatic carbocycles. The van der Waals surface area contributed by atoms with Crippen molar-refractivity contribution < 1.29 is 14.2 Å². The lowest BCUT2D eigenvalue weighted by Gasteiger charge is -2.27. The minimum absolute atomic E-state index is 0.220. The van der Waals surface area contributed by atoms with Crippen molar-refractivity contribution in [2.45, 2.75) is 31.5 Å². The van der Waals surface area contributed by atoms with Crippen LogP contribution in [0.1, 0.15) is 30.9 Å². The third-order valence-corrected chi connectivity index (χ3v) is 2.63. The fraction of sp³-hybridized carbons (Fsp3) is 0.545. The van der Waals surface area contributed by atoms with Crippen LogP contribution in [0.5, 0.6) is 0 Å². The van der Waals surface area contributed by atoms with Gasteiger partial charge in [-0.2, -0.15) is 0 Å². The summed E-state index contributed by atoms with van der Waals surface area (Å²) in [5, 5.41) is 9.94. The first kappa shape index (κ1) is 10.5. The van der Waals surface area contributed by atoms with E-state index in [2.05, 4.69) is 4.98 Å². The summed E-state index contributed by atoms with van der Waals surface area (Å²) in [7, 11) is 0. The lowest BCUT2D eigenvalue weighted by Crippen LogP contribution is -2.26. The monoisotopic (exact) mass is 211 g/mol. The summed E-state index contributed by atoms with van der Waals surface area (Å²) >= 11 is 0. The molecule has 1 aromatic rings. The van der Waals surface area contributed by atoms with Crippen LogP contribution in [0.4, 0.5) is 4.39 Å².